The molecule has 5 aromatic heterocycles. The van der Waals surface area contributed by atoms with Crippen LogP contribution in [0.1, 0.15) is 0 Å². The fourth-order valence-corrected chi connectivity index (χ4v) is 10.9. The monoisotopic (exact) mass is 810 g/mol. The largest absolute Gasteiger partial charge is 0.455 e. The maximum atomic E-state index is 6.96. The molecular weight excluding hydrogens is 781 g/mol. The number of para-hydroxylation sites is 4. The molecule has 0 fully saturated rings. The van der Waals surface area contributed by atoms with Crippen LogP contribution < -0.4 is 0 Å². The van der Waals surface area contributed by atoms with Crippen LogP contribution >= 0.6 is 11.3 Å². The van der Waals surface area contributed by atoms with Gasteiger partial charge in [-0.25, -0.2) is 15.0 Å². The van der Waals surface area contributed by atoms with Crippen molar-refractivity contribution in [2.24, 2.45) is 0 Å². The zero-order valence-corrected chi connectivity index (χ0v) is 33.7. The number of hydrogen-bond donors (Lipinski definition) is 0. The summed E-state index contributed by atoms with van der Waals surface area (Å²) in [5.74, 6) is 1.68. The van der Waals surface area contributed by atoms with Crippen molar-refractivity contribution in [3.63, 3.8) is 0 Å². The summed E-state index contributed by atoms with van der Waals surface area (Å²) in [5.41, 5.74) is 8.87. The Labute approximate surface area is 356 Å². The Morgan fingerprint density at radius 1 is 0.387 bits per heavy atom. The quantitative estimate of drug-likeness (QED) is 0.177. The third kappa shape index (κ3) is 4.76. The Morgan fingerprint density at radius 3 is 1.82 bits per heavy atom. The average Bonchev–Trinajstić information content (AvgIpc) is 4.10. The molecular formula is C55H30N4O2S. The molecule has 6 nitrogen and oxygen atoms in total. The molecule has 14 rings (SSSR count). The summed E-state index contributed by atoms with van der Waals surface area (Å²) in [7, 11) is 0. The lowest BCUT2D eigenvalue weighted by Gasteiger charge is -2.13. The van der Waals surface area contributed by atoms with E-state index in [-0.39, 0.29) is 0 Å². The van der Waals surface area contributed by atoms with Crippen LogP contribution in [0, 0.1) is 0 Å². The van der Waals surface area contributed by atoms with E-state index in [2.05, 4.69) is 150 Å². The van der Waals surface area contributed by atoms with Gasteiger partial charge in [-0.3, -0.25) is 0 Å². The third-order valence-corrected chi connectivity index (χ3v) is 13.7. The van der Waals surface area contributed by atoms with Crippen molar-refractivity contribution in [1.29, 1.82) is 0 Å². The van der Waals surface area contributed by atoms with Gasteiger partial charge in [-0.05, 0) is 71.4 Å². The first-order valence-electron chi connectivity index (χ1n) is 20.7. The SMILES string of the molecule is c1ccc2cc3c(cc2c1)c1ccccc1n3-c1ccc(-c2nc(-c3cccc4c3oc3ccccc34)nc(-c3cccc4c3sc3ccccc34)n2)c2c1oc1ccccc12. The summed E-state index contributed by atoms with van der Waals surface area (Å²) in [4.78, 5) is 16.1. The summed E-state index contributed by atoms with van der Waals surface area (Å²) in [6, 6.07) is 63.7. The predicted octanol–water partition coefficient (Wildman–Crippen LogP) is 15.3. The number of rotatable bonds is 4. The van der Waals surface area contributed by atoms with E-state index in [1.165, 1.54) is 37.0 Å². The molecule has 0 aliphatic heterocycles. The predicted molar refractivity (Wildman–Crippen MR) is 255 cm³/mol. The molecule has 62 heavy (non-hydrogen) atoms. The Hall–Kier alpha value is -8.13. The van der Waals surface area contributed by atoms with Crippen LogP contribution in [0.2, 0.25) is 0 Å². The van der Waals surface area contributed by atoms with Gasteiger partial charge in [0, 0.05) is 63.6 Å². The average molecular weight is 811 g/mol. The third-order valence-electron chi connectivity index (χ3n) is 12.5. The molecule has 5 heterocycles. The summed E-state index contributed by atoms with van der Waals surface area (Å²) < 4.78 is 18.3. The van der Waals surface area contributed by atoms with Crippen molar-refractivity contribution in [3.8, 4) is 39.9 Å². The highest BCUT2D eigenvalue weighted by Crippen LogP contribution is 2.45. The number of thiophene rings is 1. The van der Waals surface area contributed by atoms with Gasteiger partial charge >= 0.3 is 0 Å². The lowest BCUT2D eigenvalue weighted by molar-refractivity contribution is 0.666. The van der Waals surface area contributed by atoms with Crippen LogP contribution in [-0.2, 0) is 0 Å². The van der Waals surface area contributed by atoms with Crippen molar-refractivity contribution >= 4 is 108 Å². The standard InChI is InChI=1S/C55H30N4O2S/c1-2-14-32-30-45-42(29-31(32)13-1)33-15-3-7-23-43(33)59(45)44-28-27-39(49-38-18-5-9-25-47(38)61-51(44)49)53-56-54(40-21-11-19-36-34-16-4-8-24-46(34)60-50(36)40)58-55(57-53)41-22-12-20-37-35-17-6-10-26-48(35)62-52(37)41/h1-30H. The zero-order chi connectivity index (χ0) is 40.5. The molecule has 0 aliphatic rings. The van der Waals surface area contributed by atoms with Crippen LogP contribution in [0.5, 0.6) is 0 Å². The van der Waals surface area contributed by atoms with Crippen LogP contribution in [0.25, 0.3) is 136 Å². The van der Waals surface area contributed by atoms with E-state index in [1.807, 2.05) is 36.4 Å². The van der Waals surface area contributed by atoms with Crippen LogP contribution in [0.4, 0.5) is 0 Å². The minimum absolute atomic E-state index is 0.534. The van der Waals surface area contributed by atoms with Gasteiger partial charge in [0.05, 0.1) is 22.3 Å². The molecule has 9 aromatic carbocycles. The van der Waals surface area contributed by atoms with Gasteiger partial charge in [-0.1, -0.05) is 121 Å². The van der Waals surface area contributed by atoms with Gasteiger partial charge in [-0.2, -0.15) is 0 Å². The number of benzene rings is 9. The normalized spacial score (nSPS) is 12.2. The molecule has 0 saturated carbocycles. The molecule has 0 radical (unpaired) electrons. The second-order valence-corrected chi connectivity index (χ2v) is 16.9. The number of nitrogens with zero attached hydrogens (tertiary/aromatic N) is 4. The van der Waals surface area contributed by atoms with Crippen LogP contribution in [0.15, 0.2) is 191 Å². The highest BCUT2D eigenvalue weighted by Gasteiger charge is 2.25. The minimum Gasteiger partial charge on any atom is -0.455 e. The molecule has 0 amide bonds. The van der Waals surface area contributed by atoms with E-state index in [1.54, 1.807) is 11.3 Å². The Kier molecular flexibility index (Phi) is 6.89. The fraction of sp³-hybridized carbons (Fsp3) is 0. The summed E-state index contributed by atoms with van der Waals surface area (Å²) >= 11 is 1.76. The van der Waals surface area contributed by atoms with Crippen molar-refractivity contribution in [1.82, 2.24) is 19.5 Å². The number of hydrogen-bond acceptors (Lipinski definition) is 6. The first-order chi connectivity index (χ1) is 30.7. The first kappa shape index (κ1) is 33.7. The first-order valence-corrected chi connectivity index (χ1v) is 21.5. The Balaban J connectivity index is 1.08. The summed E-state index contributed by atoms with van der Waals surface area (Å²) in [5, 5.41) is 11.1. The van der Waals surface area contributed by atoms with Crippen molar-refractivity contribution in [2.45, 2.75) is 0 Å². The molecule has 0 bridgehead atoms. The van der Waals surface area contributed by atoms with E-state index in [4.69, 9.17) is 23.8 Å². The highest BCUT2D eigenvalue weighted by molar-refractivity contribution is 7.26. The Bertz CT molecular complexity index is 4060. The number of fused-ring (bicyclic) bond motifs is 13. The highest BCUT2D eigenvalue weighted by atomic mass is 32.1. The van der Waals surface area contributed by atoms with Gasteiger partial charge in [0.1, 0.15) is 16.7 Å². The molecule has 0 unspecified atom stereocenters. The summed E-state index contributed by atoms with van der Waals surface area (Å²) in [6.45, 7) is 0. The zero-order valence-electron chi connectivity index (χ0n) is 32.8. The smallest absolute Gasteiger partial charge is 0.167 e. The molecule has 14 aromatic rings. The minimum atomic E-state index is 0.534. The van der Waals surface area contributed by atoms with Crippen LogP contribution in [-0.4, -0.2) is 19.5 Å². The van der Waals surface area contributed by atoms with Gasteiger partial charge in [0.2, 0.25) is 0 Å². The van der Waals surface area contributed by atoms with Gasteiger partial charge < -0.3 is 13.4 Å². The van der Waals surface area contributed by atoms with Crippen molar-refractivity contribution < 1.29 is 8.83 Å². The number of furan rings is 2. The maximum absolute atomic E-state index is 6.96. The number of aromatic nitrogens is 4. The van der Waals surface area contributed by atoms with Crippen LogP contribution in [0.3, 0.4) is 0 Å². The van der Waals surface area contributed by atoms with E-state index >= 15 is 0 Å². The maximum Gasteiger partial charge on any atom is 0.167 e. The van der Waals surface area contributed by atoms with Gasteiger partial charge in [-0.15, -0.1) is 11.3 Å². The molecule has 0 aliphatic carbocycles. The van der Waals surface area contributed by atoms with E-state index < -0.39 is 0 Å². The van der Waals surface area contributed by atoms with Gasteiger partial charge in [0.25, 0.3) is 0 Å². The molecule has 7 heteroatoms. The Morgan fingerprint density at radius 2 is 0.984 bits per heavy atom. The molecule has 0 atom stereocenters. The molecule has 0 saturated heterocycles. The van der Waals surface area contributed by atoms with Crippen molar-refractivity contribution in [3.05, 3.63) is 182 Å². The van der Waals surface area contributed by atoms with E-state index in [0.29, 0.717) is 17.5 Å². The second kappa shape index (κ2) is 12.7. The molecule has 288 valence electrons. The van der Waals surface area contributed by atoms with Crippen molar-refractivity contribution in [2.75, 3.05) is 0 Å². The molecule has 0 spiro atoms. The van der Waals surface area contributed by atoms with E-state index in [9.17, 15) is 0 Å². The van der Waals surface area contributed by atoms with Gasteiger partial charge in [0.15, 0.2) is 23.1 Å². The molecule has 0 N–H and O–H groups in total. The summed E-state index contributed by atoms with van der Waals surface area (Å²) in [6.07, 6.45) is 0. The topological polar surface area (TPSA) is 69.9 Å². The fourth-order valence-electron chi connectivity index (χ4n) is 9.68. The second-order valence-electron chi connectivity index (χ2n) is 15.9. The lowest BCUT2D eigenvalue weighted by Crippen LogP contribution is -2.01. The lowest BCUT2D eigenvalue weighted by atomic mass is 10.0. The van der Waals surface area contributed by atoms with E-state index in [0.717, 1.165) is 82.0 Å².